The maximum Gasteiger partial charge on any atom is 0.291 e. The molecule has 1 atom stereocenters. The number of carbonyl (C=O) groups excluding carboxylic acids is 2. The largest absolute Gasteiger partial charge is 0.494 e. The Labute approximate surface area is 200 Å². The number of imidazole rings is 1. The van der Waals surface area contributed by atoms with E-state index < -0.39 is 5.54 Å². The number of ether oxygens (including phenoxy) is 1. The van der Waals surface area contributed by atoms with Crippen molar-refractivity contribution in [2.45, 2.75) is 70.6 Å². The first-order chi connectivity index (χ1) is 16.5. The first-order valence-corrected chi connectivity index (χ1v) is 12.3. The minimum absolute atomic E-state index is 0.0953. The van der Waals surface area contributed by atoms with E-state index in [9.17, 15) is 9.59 Å². The number of nitrogens with one attached hydrogen (secondary N) is 1. The fourth-order valence-corrected chi connectivity index (χ4v) is 5.21. The van der Waals surface area contributed by atoms with Crippen LogP contribution in [0.2, 0.25) is 0 Å². The van der Waals surface area contributed by atoms with Crippen LogP contribution in [-0.2, 0) is 17.9 Å². The highest BCUT2D eigenvalue weighted by Crippen LogP contribution is 2.32. The Hall–Kier alpha value is -3.35. The van der Waals surface area contributed by atoms with Gasteiger partial charge in [-0.3, -0.25) is 9.59 Å². The molecule has 1 aliphatic carbocycles. The maximum absolute atomic E-state index is 13.8. The van der Waals surface area contributed by atoms with E-state index in [1.54, 1.807) is 4.90 Å². The molecule has 2 amide bonds. The summed E-state index contributed by atoms with van der Waals surface area (Å²) in [6.45, 7) is 5.12. The van der Waals surface area contributed by atoms with Crippen molar-refractivity contribution in [2.24, 2.45) is 0 Å². The monoisotopic (exact) mass is 460 g/mol. The van der Waals surface area contributed by atoms with Gasteiger partial charge >= 0.3 is 0 Å². The minimum atomic E-state index is -1.04. The van der Waals surface area contributed by atoms with Gasteiger partial charge < -0.3 is 19.5 Å². The van der Waals surface area contributed by atoms with Gasteiger partial charge in [0, 0.05) is 12.6 Å². The summed E-state index contributed by atoms with van der Waals surface area (Å²) in [6.07, 6.45) is 5.47. The normalized spacial score (nSPS) is 20.9. The highest BCUT2D eigenvalue weighted by Gasteiger charge is 2.48. The first kappa shape index (κ1) is 22.4. The van der Waals surface area contributed by atoms with E-state index in [-0.39, 0.29) is 17.9 Å². The predicted octanol–water partition coefficient (Wildman–Crippen LogP) is 4.30. The lowest BCUT2D eigenvalue weighted by atomic mass is 9.91. The van der Waals surface area contributed by atoms with Gasteiger partial charge in [-0.2, -0.15) is 0 Å². The number of rotatable bonds is 6. The van der Waals surface area contributed by atoms with E-state index in [2.05, 4.69) is 10.3 Å². The third kappa shape index (κ3) is 4.04. The van der Waals surface area contributed by atoms with Crippen molar-refractivity contribution in [2.75, 3.05) is 6.61 Å². The first-order valence-electron chi connectivity index (χ1n) is 12.3. The zero-order valence-corrected chi connectivity index (χ0v) is 19.9. The van der Waals surface area contributed by atoms with Crippen molar-refractivity contribution in [1.29, 1.82) is 0 Å². The Bertz CT molecular complexity index is 1200. The van der Waals surface area contributed by atoms with Crippen molar-refractivity contribution in [3.05, 3.63) is 59.9 Å². The van der Waals surface area contributed by atoms with Crippen LogP contribution in [-0.4, -0.2) is 44.5 Å². The SMILES string of the molecule is CCOc1ccc(CN2C(=O)c3nc4ccccc4n3C[C@]2(C)C(=O)NC2CCCCC2)cc1. The molecule has 0 spiro atoms. The highest BCUT2D eigenvalue weighted by molar-refractivity contribution is 6.01. The molecule has 1 fully saturated rings. The van der Waals surface area contributed by atoms with Crippen LogP contribution in [0.5, 0.6) is 5.75 Å². The van der Waals surface area contributed by atoms with E-state index in [4.69, 9.17) is 4.74 Å². The van der Waals surface area contributed by atoms with Gasteiger partial charge in [0.2, 0.25) is 5.91 Å². The van der Waals surface area contributed by atoms with Crippen molar-refractivity contribution in [1.82, 2.24) is 19.8 Å². The Morgan fingerprint density at radius 3 is 2.59 bits per heavy atom. The molecule has 5 rings (SSSR count). The number of fused-ring (bicyclic) bond motifs is 3. The molecule has 1 aromatic heterocycles. The molecule has 1 aliphatic heterocycles. The minimum Gasteiger partial charge on any atom is -0.494 e. The molecule has 3 aromatic rings. The molecule has 7 heteroatoms. The van der Waals surface area contributed by atoms with Gasteiger partial charge in [-0.1, -0.05) is 43.5 Å². The van der Waals surface area contributed by atoms with E-state index >= 15 is 0 Å². The second-order valence-corrected chi connectivity index (χ2v) is 9.56. The highest BCUT2D eigenvalue weighted by atomic mass is 16.5. The zero-order chi connectivity index (χ0) is 23.7. The second-order valence-electron chi connectivity index (χ2n) is 9.56. The van der Waals surface area contributed by atoms with Gasteiger partial charge in [-0.15, -0.1) is 0 Å². The number of nitrogens with zero attached hydrogens (tertiary/aromatic N) is 3. The van der Waals surface area contributed by atoms with Crippen LogP contribution < -0.4 is 10.1 Å². The molecule has 1 saturated carbocycles. The van der Waals surface area contributed by atoms with Crippen molar-refractivity contribution in [3.63, 3.8) is 0 Å². The Morgan fingerprint density at radius 2 is 1.85 bits per heavy atom. The van der Waals surface area contributed by atoms with Crippen LogP contribution in [0.15, 0.2) is 48.5 Å². The summed E-state index contributed by atoms with van der Waals surface area (Å²) in [5.41, 5.74) is 1.55. The molecule has 0 radical (unpaired) electrons. The van der Waals surface area contributed by atoms with Crippen molar-refractivity contribution < 1.29 is 14.3 Å². The van der Waals surface area contributed by atoms with Gasteiger partial charge in [0.25, 0.3) is 5.91 Å². The van der Waals surface area contributed by atoms with Crippen molar-refractivity contribution in [3.8, 4) is 5.75 Å². The summed E-state index contributed by atoms with van der Waals surface area (Å²) >= 11 is 0. The van der Waals surface area contributed by atoms with Crippen LogP contribution in [0.1, 0.15) is 62.1 Å². The van der Waals surface area contributed by atoms with E-state index in [0.29, 0.717) is 25.5 Å². The molecule has 0 saturated heterocycles. The quantitative estimate of drug-likeness (QED) is 0.595. The number of para-hydroxylation sites is 2. The summed E-state index contributed by atoms with van der Waals surface area (Å²) in [5.74, 6) is 0.852. The Kier molecular flexibility index (Phi) is 6.02. The van der Waals surface area contributed by atoms with Crippen LogP contribution in [0.25, 0.3) is 11.0 Å². The van der Waals surface area contributed by atoms with Gasteiger partial charge in [0.05, 0.1) is 24.2 Å². The van der Waals surface area contributed by atoms with Crippen LogP contribution in [0.3, 0.4) is 0 Å². The van der Waals surface area contributed by atoms with Crippen LogP contribution >= 0.6 is 0 Å². The average Bonchev–Trinajstić information content (AvgIpc) is 3.22. The van der Waals surface area contributed by atoms with Gasteiger partial charge in [-0.05, 0) is 56.5 Å². The molecular weight excluding hydrogens is 428 g/mol. The molecule has 7 nitrogen and oxygen atoms in total. The lowest BCUT2D eigenvalue weighted by Gasteiger charge is -2.44. The average molecular weight is 461 g/mol. The number of hydrogen-bond acceptors (Lipinski definition) is 4. The van der Waals surface area contributed by atoms with Crippen molar-refractivity contribution >= 4 is 22.8 Å². The zero-order valence-electron chi connectivity index (χ0n) is 19.9. The molecular formula is C27H32N4O3. The number of benzene rings is 2. The summed E-state index contributed by atoms with van der Waals surface area (Å²) in [7, 11) is 0. The molecule has 1 N–H and O–H groups in total. The number of hydrogen-bond donors (Lipinski definition) is 1. The number of amides is 2. The fourth-order valence-electron chi connectivity index (χ4n) is 5.21. The van der Waals surface area contributed by atoms with E-state index in [1.165, 1.54) is 6.42 Å². The molecule has 2 aliphatic rings. The third-order valence-electron chi connectivity index (χ3n) is 7.16. The Morgan fingerprint density at radius 1 is 1.12 bits per heavy atom. The molecule has 0 bridgehead atoms. The summed E-state index contributed by atoms with van der Waals surface area (Å²) in [5, 5.41) is 3.28. The third-order valence-corrected chi connectivity index (χ3v) is 7.16. The molecule has 34 heavy (non-hydrogen) atoms. The topological polar surface area (TPSA) is 76.5 Å². The molecule has 2 aromatic carbocycles. The van der Waals surface area contributed by atoms with Gasteiger partial charge in [-0.25, -0.2) is 4.98 Å². The van der Waals surface area contributed by atoms with Gasteiger partial charge in [0.1, 0.15) is 11.3 Å². The second kappa shape index (κ2) is 9.12. The lowest BCUT2D eigenvalue weighted by molar-refractivity contribution is -0.134. The van der Waals surface area contributed by atoms with Crippen LogP contribution in [0.4, 0.5) is 0 Å². The number of carbonyl (C=O) groups is 2. The molecule has 178 valence electrons. The smallest absolute Gasteiger partial charge is 0.291 e. The summed E-state index contributed by atoms with van der Waals surface area (Å²) < 4.78 is 7.47. The van der Waals surface area contributed by atoms with Crippen LogP contribution in [0, 0.1) is 0 Å². The van der Waals surface area contributed by atoms with Gasteiger partial charge in [0.15, 0.2) is 5.82 Å². The lowest BCUT2D eigenvalue weighted by Crippen LogP contribution is -2.64. The fraction of sp³-hybridized carbons (Fsp3) is 0.444. The predicted molar refractivity (Wildman–Crippen MR) is 131 cm³/mol. The summed E-state index contributed by atoms with van der Waals surface area (Å²) in [4.78, 5) is 33.9. The van der Waals surface area contributed by atoms with E-state index in [0.717, 1.165) is 48.0 Å². The molecule has 0 unspecified atom stereocenters. The number of aromatic nitrogens is 2. The molecule has 2 heterocycles. The summed E-state index contributed by atoms with van der Waals surface area (Å²) in [6, 6.07) is 15.6. The van der Waals surface area contributed by atoms with E-state index in [1.807, 2.05) is 66.9 Å². The Balaban J connectivity index is 1.51. The maximum atomic E-state index is 13.8. The standard InChI is InChI=1S/C27H32N4O3/c1-3-34-21-15-13-19(14-16-21)17-31-25(32)24-29-22-11-7-8-12-23(22)30(24)18-27(31,2)26(33)28-20-9-5-4-6-10-20/h7-8,11-16,20H,3-6,9-10,17-18H2,1-2H3,(H,28,33)/t27-/m1/s1.